The average molecular weight is 343 g/mol. The van der Waals surface area contributed by atoms with Crippen molar-refractivity contribution in [1.29, 1.82) is 0 Å². The van der Waals surface area contributed by atoms with Gasteiger partial charge in [0.25, 0.3) is 0 Å². The van der Waals surface area contributed by atoms with Crippen LogP contribution in [0.4, 0.5) is 5.95 Å². The zero-order chi connectivity index (χ0) is 14.0. The van der Waals surface area contributed by atoms with Crippen LogP contribution in [0.1, 0.15) is 5.56 Å². The molecule has 0 aliphatic rings. The van der Waals surface area contributed by atoms with Crippen molar-refractivity contribution in [2.45, 2.75) is 12.1 Å². The third kappa shape index (κ3) is 3.07. The summed E-state index contributed by atoms with van der Waals surface area (Å²) in [4.78, 5) is 10.6. The van der Waals surface area contributed by atoms with Crippen LogP contribution in [0.2, 0.25) is 0 Å². The van der Waals surface area contributed by atoms with E-state index in [0.29, 0.717) is 5.16 Å². The Morgan fingerprint density at radius 2 is 2.26 bits per heavy atom. The van der Waals surface area contributed by atoms with E-state index in [9.17, 15) is 4.79 Å². The van der Waals surface area contributed by atoms with E-state index in [0.717, 1.165) is 27.5 Å². The summed E-state index contributed by atoms with van der Waals surface area (Å²) in [7, 11) is 0. The highest BCUT2D eigenvalue weighted by Gasteiger charge is 2.15. The standard InChI is InChI=1S/C11H11BrN4O2S/c1-6-2-3-7(12)4-8(6)16-10(13)14-15-11(16)19-5-9(17)18/h2-4H,5H2,1H3,(H2,13,14)(H,17,18). The molecule has 0 saturated carbocycles. The molecule has 1 aromatic carbocycles. The summed E-state index contributed by atoms with van der Waals surface area (Å²) < 4.78 is 2.55. The van der Waals surface area contributed by atoms with Crippen molar-refractivity contribution in [2.24, 2.45) is 0 Å². The Hall–Kier alpha value is -1.54. The molecule has 0 aliphatic heterocycles. The van der Waals surface area contributed by atoms with Gasteiger partial charge in [0.2, 0.25) is 5.95 Å². The Morgan fingerprint density at radius 3 is 2.95 bits per heavy atom. The van der Waals surface area contributed by atoms with Crippen molar-refractivity contribution in [3.63, 3.8) is 0 Å². The zero-order valence-corrected chi connectivity index (χ0v) is 12.4. The van der Waals surface area contributed by atoms with Crippen LogP contribution in [-0.2, 0) is 4.79 Å². The molecule has 0 radical (unpaired) electrons. The van der Waals surface area contributed by atoms with E-state index < -0.39 is 5.97 Å². The normalized spacial score (nSPS) is 10.6. The summed E-state index contributed by atoms with van der Waals surface area (Å²) in [6.07, 6.45) is 0. The van der Waals surface area contributed by atoms with E-state index >= 15 is 0 Å². The molecule has 1 heterocycles. The fourth-order valence-electron chi connectivity index (χ4n) is 1.55. The molecule has 100 valence electrons. The number of halogens is 1. The van der Waals surface area contributed by atoms with Crippen molar-refractivity contribution >= 4 is 39.6 Å². The second kappa shape index (κ2) is 5.62. The van der Waals surface area contributed by atoms with E-state index in [4.69, 9.17) is 10.8 Å². The van der Waals surface area contributed by atoms with Crippen LogP contribution in [0.3, 0.4) is 0 Å². The van der Waals surface area contributed by atoms with Crippen LogP contribution in [0.25, 0.3) is 5.69 Å². The van der Waals surface area contributed by atoms with Gasteiger partial charge in [-0.3, -0.25) is 9.36 Å². The highest BCUT2D eigenvalue weighted by atomic mass is 79.9. The predicted octanol–water partition coefficient (Wildman–Crippen LogP) is 2.10. The molecule has 8 heteroatoms. The maximum absolute atomic E-state index is 10.6. The van der Waals surface area contributed by atoms with Gasteiger partial charge >= 0.3 is 5.97 Å². The van der Waals surface area contributed by atoms with Crippen LogP contribution in [0.15, 0.2) is 27.8 Å². The predicted molar refractivity (Wildman–Crippen MR) is 76.6 cm³/mol. The van der Waals surface area contributed by atoms with Crippen molar-refractivity contribution in [3.8, 4) is 5.69 Å². The van der Waals surface area contributed by atoms with E-state index in [1.165, 1.54) is 0 Å². The molecule has 0 atom stereocenters. The van der Waals surface area contributed by atoms with Gasteiger partial charge in [0, 0.05) is 4.47 Å². The minimum Gasteiger partial charge on any atom is -0.481 e. The van der Waals surface area contributed by atoms with Gasteiger partial charge in [0.1, 0.15) is 0 Å². The molecule has 3 N–H and O–H groups in total. The summed E-state index contributed by atoms with van der Waals surface area (Å²) in [5, 5.41) is 16.9. The Kier molecular flexibility index (Phi) is 4.11. The number of hydrogen-bond donors (Lipinski definition) is 2. The highest BCUT2D eigenvalue weighted by molar-refractivity contribution is 9.10. The number of thioether (sulfide) groups is 1. The minimum atomic E-state index is -0.913. The molecule has 0 unspecified atom stereocenters. The topological polar surface area (TPSA) is 94.0 Å². The molecule has 0 bridgehead atoms. The molecule has 6 nitrogen and oxygen atoms in total. The molecular formula is C11H11BrN4O2S. The van der Waals surface area contributed by atoms with E-state index in [2.05, 4.69) is 26.1 Å². The first-order valence-electron chi connectivity index (χ1n) is 5.31. The van der Waals surface area contributed by atoms with Gasteiger partial charge in [-0.1, -0.05) is 33.8 Å². The molecule has 0 amide bonds. The van der Waals surface area contributed by atoms with Crippen LogP contribution in [0.5, 0.6) is 0 Å². The number of nitrogen functional groups attached to an aromatic ring is 1. The van der Waals surface area contributed by atoms with Crippen molar-refractivity contribution < 1.29 is 9.90 Å². The molecular weight excluding hydrogens is 332 g/mol. The molecule has 19 heavy (non-hydrogen) atoms. The largest absolute Gasteiger partial charge is 0.481 e. The maximum Gasteiger partial charge on any atom is 0.313 e. The SMILES string of the molecule is Cc1ccc(Br)cc1-n1c(N)nnc1SCC(=O)O. The van der Waals surface area contributed by atoms with Crippen molar-refractivity contribution in [1.82, 2.24) is 14.8 Å². The molecule has 0 saturated heterocycles. The van der Waals surface area contributed by atoms with Gasteiger partial charge in [0.15, 0.2) is 5.16 Å². The maximum atomic E-state index is 10.6. The lowest BCUT2D eigenvalue weighted by Crippen LogP contribution is -2.06. The number of anilines is 1. The number of hydrogen-bond acceptors (Lipinski definition) is 5. The van der Waals surface area contributed by atoms with E-state index in [1.807, 2.05) is 25.1 Å². The van der Waals surface area contributed by atoms with Crippen LogP contribution < -0.4 is 5.73 Å². The second-order valence-electron chi connectivity index (χ2n) is 3.79. The smallest absolute Gasteiger partial charge is 0.313 e. The van der Waals surface area contributed by atoms with Gasteiger partial charge in [-0.25, -0.2) is 0 Å². The fraction of sp³-hybridized carbons (Fsp3) is 0.182. The number of carboxylic acids is 1. The van der Waals surface area contributed by atoms with Gasteiger partial charge in [-0.05, 0) is 24.6 Å². The fourth-order valence-corrected chi connectivity index (χ4v) is 2.57. The van der Waals surface area contributed by atoms with E-state index in [1.54, 1.807) is 4.57 Å². The van der Waals surface area contributed by atoms with Gasteiger partial charge in [0.05, 0.1) is 11.4 Å². The first-order chi connectivity index (χ1) is 8.99. The lowest BCUT2D eigenvalue weighted by atomic mass is 10.2. The number of rotatable bonds is 4. The Labute approximate surface area is 122 Å². The molecule has 2 aromatic rings. The lowest BCUT2D eigenvalue weighted by Gasteiger charge is -2.10. The van der Waals surface area contributed by atoms with Gasteiger partial charge in [-0.2, -0.15) is 0 Å². The lowest BCUT2D eigenvalue weighted by molar-refractivity contribution is -0.133. The Balaban J connectivity index is 2.46. The highest BCUT2D eigenvalue weighted by Crippen LogP contribution is 2.27. The number of nitrogens with zero attached hydrogens (tertiary/aromatic N) is 3. The molecule has 0 spiro atoms. The summed E-state index contributed by atoms with van der Waals surface area (Å²) in [6, 6.07) is 5.74. The molecule has 1 aromatic heterocycles. The Morgan fingerprint density at radius 1 is 1.53 bits per heavy atom. The zero-order valence-electron chi connectivity index (χ0n) is 10.00. The summed E-state index contributed by atoms with van der Waals surface area (Å²) in [5.41, 5.74) is 7.63. The Bertz CT molecular complexity index is 629. The molecule has 2 rings (SSSR count). The number of aromatic nitrogens is 3. The van der Waals surface area contributed by atoms with E-state index in [-0.39, 0.29) is 11.7 Å². The van der Waals surface area contributed by atoms with Gasteiger partial charge < -0.3 is 10.8 Å². The summed E-state index contributed by atoms with van der Waals surface area (Å²) in [6.45, 7) is 1.94. The number of benzene rings is 1. The van der Waals surface area contributed by atoms with Crippen molar-refractivity contribution in [2.75, 3.05) is 11.5 Å². The van der Waals surface area contributed by atoms with Crippen LogP contribution in [0, 0.1) is 6.92 Å². The number of carbonyl (C=O) groups is 1. The minimum absolute atomic E-state index is 0.0921. The third-order valence-corrected chi connectivity index (χ3v) is 3.80. The number of aliphatic carboxylic acids is 1. The van der Waals surface area contributed by atoms with Crippen LogP contribution >= 0.6 is 27.7 Å². The second-order valence-corrected chi connectivity index (χ2v) is 5.65. The number of carboxylic acid groups (broad SMARTS) is 1. The summed E-state index contributed by atoms with van der Waals surface area (Å²) >= 11 is 4.48. The third-order valence-electron chi connectivity index (χ3n) is 2.40. The molecule has 0 fully saturated rings. The average Bonchev–Trinajstić information content (AvgIpc) is 2.71. The monoisotopic (exact) mass is 342 g/mol. The molecule has 0 aliphatic carbocycles. The number of aryl methyl sites for hydroxylation is 1. The first-order valence-corrected chi connectivity index (χ1v) is 7.09. The summed E-state index contributed by atoms with van der Waals surface area (Å²) in [5.74, 6) is -0.774. The quantitative estimate of drug-likeness (QED) is 0.826. The van der Waals surface area contributed by atoms with Crippen molar-refractivity contribution in [3.05, 3.63) is 28.2 Å². The first kappa shape index (κ1) is 13.9. The van der Waals surface area contributed by atoms with Crippen LogP contribution in [-0.4, -0.2) is 31.6 Å². The van der Waals surface area contributed by atoms with Gasteiger partial charge in [-0.15, -0.1) is 10.2 Å². The number of nitrogens with two attached hydrogens (primary N) is 1.